The molecule has 0 radical (unpaired) electrons. The Hall–Kier alpha value is -1.63. The van der Waals surface area contributed by atoms with Crippen LogP contribution in [-0.4, -0.2) is 54.5 Å². The van der Waals surface area contributed by atoms with Gasteiger partial charge in [-0.3, -0.25) is 9.69 Å². The predicted molar refractivity (Wildman–Crippen MR) is 70.7 cm³/mol. The molecule has 2 N–H and O–H groups in total. The van der Waals surface area contributed by atoms with Crippen molar-refractivity contribution in [2.45, 2.75) is 31.7 Å². The van der Waals surface area contributed by atoms with E-state index < -0.39 is 0 Å². The molecule has 0 spiro atoms. The number of carbonyl (C=O) groups excluding carboxylic acids is 1. The van der Waals surface area contributed by atoms with Crippen molar-refractivity contribution < 1.29 is 4.79 Å². The van der Waals surface area contributed by atoms with E-state index in [0.717, 1.165) is 19.4 Å². The van der Waals surface area contributed by atoms with Crippen molar-refractivity contribution in [1.82, 2.24) is 9.80 Å². The average Bonchev–Trinajstić information content (AvgIpc) is 2.86. The normalized spacial score (nSPS) is 18.8. The third-order valence-corrected chi connectivity index (χ3v) is 3.45. The minimum atomic E-state index is -0.00847. The van der Waals surface area contributed by atoms with E-state index in [2.05, 4.69) is 4.90 Å². The Morgan fingerprint density at radius 3 is 2.47 bits per heavy atom. The van der Waals surface area contributed by atoms with Gasteiger partial charge in [-0.25, -0.2) is 0 Å². The first-order valence-electron chi connectivity index (χ1n) is 6.68. The van der Waals surface area contributed by atoms with E-state index in [-0.39, 0.29) is 11.9 Å². The number of hydrogen-bond acceptors (Lipinski definition) is 5. The molecule has 1 unspecified atom stereocenters. The van der Waals surface area contributed by atoms with Crippen molar-refractivity contribution in [3.05, 3.63) is 0 Å². The third kappa shape index (κ3) is 4.86. The van der Waals surface area contributed by atoms with Gasteiger partial charge in [-0.2, -0.15) is 10.5 Å². The summed E-state index contributed by atoms with van der Waals surface area (Å²) in [5.74, 6) is -0.00847. The van der Waals surface area contributed by atoms with E-state index in [1.54, 1.807) is 4.90 Å². The second kappa shape index (κ2) is 8.47. The summed E-state index contributed by atoms with van der Waals surface area (Å²) in [5, 5.41) is 17.2. The molecule has 1 atom stereocenters. The van der Waals surface area contributed by atoms with Crippen LogP contribution in [0.2, 0.25) is 0 Å². The van der Waals surface area contributed by atoms with Crippen molar-refractivity contribution in [2.75, 3.05) is 32.7 Å². The number of nitrogens with zero attached hydrogens (tertiary/aromatic N) is 4. The van der Waals surface area contributed by atoms with Crippen LogP contribution >= 0.6 is 0 Å². The van der Waals surface area contributed by atoms with E-state index in [0.29, 0.717) is 39.0 Å². The quantitative estimate of drug-likeness (QED) is 0.700. The van der Waals surface area contributed by atoms with Crippen LogP contribution in [0.25, 0.3) is 0 Å². The van der Waals surface area contributed by atoms with Gasteiger partial charge in [0.15, 0.2) is 0 Å². The molecular weight excluding hydrogens is 242 g/mol. The second-order valence-corrected chi connectivity index (χ2v) is 4.70. The molecule has 6 nitrogen and oxygen atoms in total. The molecule has 1 aliphatic heterocycles. The van der Waals surface area contributed by atoms with E-state index >= 15 is 0 Å². The second-order valence-electron chi connectivity index (χ2n) is 4.70. The molecule has 0 aromatic rings. The van der Waals surface area contributed by atoms with E-state index in [4.69, 9.17) is 16.3 Å². The van der Waals surface area contributed by atoms with E-state index in [1.807, 2.05) is 12.1 Å². The molecule has 1 fully saturated rings. The molecule has 0 aromatic carbocycles. The Morgan fingerprint density at radius 1 is 1.32 bits per heavy atom. The maximum atomic E-state index is 12.2. The summed E-state index contributed by atoms with van der Waals surface area (Å²) < 4.78 is 0. The van der Waals surface area contributed by atoms with Crippen LogP contribution in [0.5, 0.6) is 0 Å². The Kier molecular flexibility index (Phi) is 6.88. The van der Waals surface area contributed by atoms with Gasteiger partial charge in [0.05, 0.1) is 31.5 Å². The van der Waals surface area contributed by atoms with Crippen molar-refractivity contribution in [3.8, 4) is 12.1 Å². The molecule has 1 rings (SSSR count). The van der Waals surface area contributed by atoms with Crippen LogP contribution in [0.4, 0.5) is 0 Å². The standard InChI is InChI=1S/C13H21N5O/c14-5-2-8-17(9-3-6-15)13(19)11-18-7-1-4-12(18)10-16/h12H,1-4,7-11,16H2. The number of amides is 1. The molecule has 104 valence electrons. The first-order valence-corrected chi connectivity index (χ1v) is 6.68. The topological polar surface area (TPSA) is 97.1 Å². The molecular formula is C13H21N5O. The largest absolute Gasteiger partial charge is 0.340 e. The molecule has 0 bridgehead atoms. The Morgan fingerprint density at radius 2 is 1.95 bits per heavy atom. The molecule has 0 aromatic heterocycles. The number of likely N-dealkylation sites (tertiary alicyclic amines) is 1. The Labute approximate surface area is 114 Å². The van der Waals surface area contributed by atoms with Crippen LogP contribution < -0.4 is 5.73 Å². The van der Waals surface area contributed by atoms with E-state index in [9.17, 15) is 4.79 Å². The Bertz CT molecular complexity index is 352. The van der Waals surface area contributed by atoms with Gasteiger partial charge in [0, 0.05) is 25.7 Å². The zero-order valence-electron chi connectivity index (χ0n) is 11.2. The summed E-state index contributed by atoms with van der Waals surface area (Å²) >= 11 is 0. The lowest BCUT2D eigenvalue weighted by atomic mass is 10.2. The fraction of sp³-hybridized carbons (Fsp3) is 0.769. The first-order chi connectivity index (χ1) is 9.22. The summed E-state index contributed by atoms with van der Waals surface area (Å²) in [6, 6.07) is 4.35. The minimum Gasteiger partial charge on any atom is -0.340 e. The zero-order chi connectivity index (χ0) is 14.1. The number of rotatable bonds is 7. The highest BCUT2D eigenvalue weighted by molar-refractivity contribution is 5.78. The Balaban J connectivity index is 2.50. The van der Waals surface area contributed by atoms with Gasteiger partial charge in [0.2, 0.25) is 5.91 Å². The van der Waals surface area contributed by atoms with Crippen molar-refractivity contribution in [3.63, 3.8) is 0 Å². The molecule has 1 saturated heterocycles. The van der Waals surface area contributed by atoms with Gasteiger partial charge in [0.25, 0.3) is 0 Å². The monoisotopic (exact) mass is 263 g/mol. The predicted octanol–water partition coefficient (Wildman–Crippen LogP) is 0.0655. The number of carbonyl (C=O) groups is 1. The van der Waals surface area contributed by atoms with Crippen LogP contribution in [0.15, 0.2) is 0 Å². The summed E-state index contributed by atoms with van der Waals surface area (Å²) in [6.45, 7) is 2.62. The smallest absolute Gasteiger partial charge is 0.236 e. The number of nitrogens with two attached hydrogens (primary N) is 1. The summed E-state index contributed by atoms with van der Waals surface area (Å²) in [5.41, 5.74) is 5.68. The van der Waals surface area contributed by atoms with Crippen LogP contribution in [0.3, 0.4) is 0 Å². The van der Waals surface area contributed by atoms with Crippen molar-refractivity contribution >= 4 is 5.91 Å². The lowest BCUT2D eigenvalue weighted by molar-refractivity contribution is -0.132. The van der Waals surface area contributed by atoms with E-state index in [1.165, 1.54) is 0 Å². The minimum absolute atomic E-state index is 0.00847. The highest BCUT2D eigenvalue weighted by atomic mass is 16.2. The van der Waals surface area contributed by atoms with Crippen LogP contribution in [-0.2, 0) is 4.79 Å². The fourth-order valence-electron chi connectivity index (χ4n) is 2.38. The summed E-state index contributed by atoms with van der Waals surface area (Å²) in [7, 11) is 0. The zero-order valence-corrected chi connectivity index (χ0v) is 11.2. The summed E-state index contributed by atoms with van der Waals surface area (Å²) in [4.78, 5) is 15.9. The lowest BCUT2D eigenvalue weighted by Gasteiger charge is -2.27. The lowest BCUT2D eigenvalue weighted by Crippen LogP contribution is -2.44. The third-order valence-electron chi connectivity index (χ3n) is 3.45. The number of hydrogen-bond donors (Lipinski definition) is 1. The molecule has 6 heteroatoms. The molecule has 0 saturated carbocycles. The fourth-order valence-corrected chi connectivity index (χ4v) is 2.38. The van der Waals surface area contributed by atoms with Gasteiger partial charge >= 0.3 is 0 Å². The van der Waals surface area contributed by atoms with Crippen LogP contribution in [0.1, 0.15) is 25.7 Å². The van der Waals surface area contributed by atoms with Gasteiger partial charge in [0.1, 0.15) is 0 Å². The maximum Gasteiger partial charge on any atom is 0.236 e. The molecule has 1 aliphatic rings. The van der Waals surface area contributed by atoms with Gasteiger partial charge in [-0.1, -0.05) is 0 Å². The van der Waals surface area contributed by atoms with Gasteiger partial charge in [-0.05, 0) is 19.4 Å². The molecule has 19 heavy (non-hydrogen) atoms. The highest BCUT2D eigenvalue weighted by Crippen LogP contribution is 2.15. The van der Waals surface area contributed by atoms with Gasteiger partial charge < -0.3 is 10.6 Å². The molecule has 1 amide bonds. The molecule has 0 aliphatic carbocycles. The maximum absolute atomic E-state index is 12.2. The summed E-state index contributed by atoms with van der Waals surface area (Å²) in [6.07, 6.45) is 2.72. The van der Waals surface area contributed by atoms with Crippen molar-refractivity contribution in [1.29, 1.82) is 10.5 Å². The van der Waals surface area contributed by atoms with Crippen molar-refractivity contribution in [2.24, 2.45) is 5.73 Å². The SMILES string of the molecule is N#CCCN(CCC#N)C(=O)CN1CCCC1CN. The number of nitriles is 2. The average molecular weight is 263 g/mol. The molecule has 1 heterocycles. The van der Waals surface area contributed by atoms with Gasteiger partial charge in [-0.15, -0.1) is 0 Å². The first kappa shape index (κ1) is 15.4. The van der Waals surface area contributed by atoms with Crippen LogP contribution in [0, 0.1) is 22.7 Å². The highest BCUT2D eigenvalue weighted by Gasteiger charge is 2.26.